The lowest BCUT2D eigenvalue weighted by Gasteiger charge is -2.11. The maximum Gasteiger partial charge on any atom is 0.312 e. The van der Waals surface area contributed by atoms with E-state index in [0.717, 1.165) is 0 Å². The Labute approximate surface area is 128 Å². The van der Waals surface area contributed by atoms with E-state index in [-0.39, 0.29) is 23.9 Å². The van der Waals surface area contributed by atoms with E-state index in [1.54, 1.807) is 19.9 Å². The minimum absolute atomic E-state index is 0.0778. The highest BCUT2D eigenvalue weighted by Gasteiger charge is 2.22. The largest absolute Gasteiger partial charge is 0.477 e. The lowest BCUT2D eigenvalue weighted by molar-refractivity contribution is -0.386. The summed E-state index contributed by atoms with van der Waals surface area (Å²) in [5.74, 6) is 0.655. The fraction of sp³-hybridized carbons (Fsp3) is 0.333. The van der Waals surface area contributed by atoms with Crippen molar-refractivity contribution in [3.63, 3.8) is 0 Å². The zero-order valence-corrected chi connectivity index (χ0v) is 13.0. The smallest absolute Gasteiger partial charge is 0.312 e. The van der Waals surface area contributed by atoms with Crippen LogP contribution in [0.1, 0.15) is 25.6 Å². The number of ether oxygens (including phenoxy) is 1. The van der Waals surface area contributed by atoms with E-state index in [1.165, 1.54) is 12.1 Å². The number of hydrogen-bond donors (Lipinski definition) is 1. The maximum absolute atomic E-state index is 11.0. The van der Waals surface area contributed by atoms with Crippen LogP contribution in [0.25, 0.3) is 0 Å². The molecule has 0 aliphatic heterocycles. The van der Waals surface area contributed by atoms with Crippen molar-refractivity contribution < 1.29 is 14.2 Å². The summed E-state index contributed by atoms with van der Waals surface area (Å²) >= 11 is 3.17. The fourth-order valence-electron chi connectivity index (χ4n) is 1.47. The van der Waals surface area contributed by atoms with Crippen molar-refractivity contribution in [1.29, 1.82) is 0 Å². The predicted octanol–water partition coefficient (Wildman–Crippen LogP) is 2.51. The topological polar surface area (TPSA) is 117 Å². The minimum atomic E-state index is -0.731. The molecule has 0 amide bonds. The standard InChI is InChI=1S/C12H13BrN4O4/c1-12(2,14)11-15-10(21-16-11)6-20-9-4-3-7(13)5-8(9)17(18)19/h3-5H,6,14H2,1-2H3. The third kappa shape index (κ3) is 3.76. The molecule has 0 fully saturated rings. The minimum Gasteiger partial charge on any atom is -0.477 e. The first-order valence-corrected chi connectivity index (χ1v) is 6.75. The first kappa shape index (κ1) is 15.4. The lowest BCUT2D eigenvalue weighted by Crippen LogP contribution is -2.30. The summed E-state index contributed by atoms with van der Waals surface area (Å²) in [6.45, 7) is 3.40. The van der Waals surface area contributed by atoms with Gasteiger partial charge in [-0.3, -0.25) is 10.1 Å². The molecule has 2 N–H and O–H groups in total. The van der Waals surface area contributed by atoms with Crippen LogP contribution in [-0.4, -0.2) is 15.1 Å². The van der Waals surface area contributed by atoms with Gasteiger partial charge in [0.05, 0.1) is 10.5 Å². The highest BCUT2D eigenvalue weighted by atomic mass is 79.9. The molecule has 8 nitrogen and oxygen atoms in total. The number of nitro groups is 1. The van der Waals surface area contributed by atoms with E-state index in [9.17, 15) is 10.1 Å². The van der Waals surface area contributed by atoms with Crippen LogP contribution in [0.4, 0.5) is 5.69 Å². The van der Waals surface area contributed by atoms with Gasteiger partial charge in [0.15, 0.2) is 18.2 Å². The second kappa shape index (κ2) is 5.78. The predicted molar refractivity (Wildman–Crippen MR) is 76.6 cm³/mol. The summed E-state index contributed by atoms with van der Waals surface area (Å²) in [4.78, 5) is 14.5. The highest BCUT2D eigenvalue weighted by molar-refractivity contribution is 9.10. The molecule has 21 heavy (non-hydrogen) atoms. The van der Waals surface area contributed by atoms with Gasteiger partial charge in [-0.2, -0.15) is 4.98 Å². The van der Waals surface area contributed by atoms with Gasteiger partial charge in [0.25, 0.3) is 5.89 Å². The van der Waals surface area contributed by atoms with Gasteiger partial charge in [0.1, 0.15) is 0 Å². The molecule has 1 heterocycles. The van der Waals surface area contributed by atoms with E-state index < -0.39 is 10.5 Å². The van der Waals surface area contributed by atoms with Crippen LogP contribution in [0.15, 0.2) is 27.2 Å². The lowest BCUT2D eigenvalue weighted by atomic mass is 10.1. The molecule has 0 aliphatic carbocycles. The number of benzene rings is 1. The molecule has 0 saturated heterocycles. The van der Waals surface area contributed by atoms with E-state index >= 15 is 0 Å². The first-order chi connectivity index (χ1) is 9.77. The highest BCUT2D eigenvalue weighted by Crippen LogP contribution is 2.30. The number of rotatable bonds is 5. The van der Waals surface area contributed by atoms with Gasteiger partial charge in [0, 0.05) is 10.5 Å². The van der Waals surface area contributed by atoms with Crippen molar-refractivity contribution in [1.82, 2.24) is 10.1 Å². The van der Waals surface area contributed by atoms with Crippen molar-refractivity contribution in [2.75, 3.05) is 0 Å². The van der Waals surface area contributed by atoms with Gasteiger partial charge in [0.2, 0.25) is 0 Å². The summed E-state index contributed by atoms with van der Waals surface area (Å²) in [7, 11) is 0. The van der Waals surface area contributed by atoms with Crippen molar-refractivity contribution in [3.05, 3.63) is 44.5 Å². The Morgan fingerprint density at radius 3 is 2.81 bits per heavy atom. The van der Waals surface area contributed by atoms with Crippen LogP contribution in [0.3, 0.4) is 0 Å². The average Bonchev–Trinajstić information content (AvgIpc) is 2.85. The Balaban J connectivity index is 2.13. The molecule has 1 aromatic carbocycles. The molecule has 0 bridgehead atoms. The van der Waals surface area contributed by atoms with Gasteiger partial charge >= 0.3 is 5.69 Å². The Bertz CT molecular complexity index is 666. The van der Waals surface area contributed by atoms with Crippen LogP contribution >= 0.6 is 15.9 Å². The SMILES string of the molecule is CC(C)(N)c1noc(COc2ccc(Br)cc2[N+](=O)[O-])n1. The van der Waals surface area contributed by atoms with Crippen LogP contribution < -0.4 is 10.5 Å². The molecule has 2 rings (SSSR count). The summed E-state index contributed by atoms with van der Waals surface area (Å²) in [5.41, 5.74) is 4.96. The maximum atomic E-state index is 11.0. The van der Waals surface area contributed by atoms with Gasteiger partial charge in [-0.25, -0.2) is 0 Å². The van der Waals surface area contributed by atoms with Crippen LogP contribution in [0, 0.1) is 10.1 Å². The van der Waals surface area contributed by atoms with Gasteiger partial charge in [-0.15, -0.1) is 0 Å². The molecule has 0 unspecified atom stereocenters. The molecule has 0 atom stereocenters. The zero-order chi connectivity index (χ0) is 15.6. The first-order valence-electron chi connectivity index (χ1n) is 5.96. The number of halogens is 1. The Morgan fingerprint density at radius 1 is 1.52 bits per heavy atom. The normalized spacial score (nSPS) is 11.4. The molecule has 1 aromatic heterocycles. The van der Waals surface area contributed by atoms with Crippen LogP contribution in [-0.2, 0) is 12.1 Å². The molecule has 112 valence electrons. The molecular formula is C12H13BrN4O4. The van der Waals surface area contributed by atoms with Gasteiger partial charge in [-0.1, -0.05) is 21.1 Å². The Kier molecular flexibility index (Phi) is 4.24. The Hall–Kier alpha value is -2.00. The monoisotopic (exact) mass is 356 g/mol. The fourth-order valence-corrected chi connectivity index (χ4v) is 1.82. The number of aromatic nitrogens is 2. The van der Waals surface area contributed by atoms with E-state index in [0.29, 0.717) is 10.3 Å². The summed E-state index contributed by atoms with van der Waals surface area (Å²) < 4.78 is 10.9. The second-order valence-electron chi connectivity index (χ2n) is 4.89. The molecule has 0 saturated carbocycles. The molecule has 0 spiro atoms. The van der Waals surface area contributed by atoms with Crippen molar-refractivity contribution in [3.8, 4) is 5.75 Å². The number of nitro benzene ring substituents is 1. The summed E-state index contributed by atoms with van der Waals surface area (Å²) in [6.07, 6.45) is 0. The Morgan fingerprint density at radius 2 is 2.24 bits per heavy atom. The average molecular weight is 357 g/mol. The van der Waals surface area contributed by atoms with E-state index in [2.05, 4.69) is 26.1 Å². The van der Waals surface area contributed by atoms with Crippen molar-refractivity contribution in [2.24, 2.45) is 5.73 Å². The van der Waals surface area contributed by atoms with Crippen molar-refractivity contribution in [2.45, 2.75) is 26.0 Å². The van der Waals surface area contributed by atoms with Crippen LogP contribution in [0.2, 0.25) is 0 Å². The summed E-state index contributed by atoms with van der Waals surface area (Å²) in [5, 5.41) is 14.7. The third-order valence-electron chi connectivity index (χ3n) is 2.51. The summed E-state index contributed by atoms with van der Waals surface area (Å²) in [6, 6.07) is 4.49. The molecule has 2 aromatic rings. The number of nitrogens with zero attached hydrogens (tertiary/aromatic N) is 3. The van der Waals surface area contributed by atoms with Gasteiger partial charge in [-0.05, 0) is 26.0 Å². The molecule has 0 radical (unpaired) electrons. The van der Waals surface area contributed by atoms with Crippen LogP contribution in [0.5, 0.6) is 5.75 Å². The zero-order valence-electron chi connectivity index (χ0n) is 11.4. The third-order valence-corrected chi connectivity index (χ3v) is 3.01. The molecule has 9 heteroatoms. The second-order valence-corrected chi connectivity index (χ2v) is 5.81. The molecule has 0 aliphatic rings. The van der Waals surface area contributed by atoms with E-state index in [4.69, 9.17) is 15.0 Å². The number of nitrogens with two attached hydrogens (primary N) is 1. The quantitative estimate of drug-likeness (QED) is 0.645. The number of hydrogen-bond acceptors (Lipinski definition) is 7. The van der Waals surface area contributed by atoms with Gasteiger partial charge < -0.3 is 15.0 Å². The van der Waals surface area contributed by atoms with Crippen molar-refractivity contribution >= 4 is 21.6 Å². The van der Waals surface area contributed by atoms with E-state index in [1.807, 2.05) is 0 Å². The molecular weight excluding hydrogens is 344 g/mol.